The Hall–Kier alpha value is -1.30. The lowest BCUT2D eigenvalue weighted by molar-refractivity contribution is 0.575. The van der Waals surface area contributed by atoms with E-state index in [1.807, 2.05) is 0 Å². The molecule has 0 heterocycles. The molecule has 0 atom stereocenters. The lowest BCUT2D eigenvalue weighted by Gasteiger charge is -2.05. The van der Waals surface area contributed by atoms with Crippen molar-refractivity contribution in [2.75, 3.05) is 0 Å². The highest BCUT2D eigenvalue weighted by atomic mass is 14.0. The van der Waals surface area contributed by atoms with Crippen molar-refractivity contribution < 1.29 is 0 Å². The molecule has 114 valence electrons. The minimum absolute atomic E-state index is 1.23. The molecule has 0 heteroatoms. The van der Waals surface area contributed by atoms with Crippen molar-refractivity contribution in [3.8, 4) is 0 Å². The molecule has 0 aromatic heterocycles. The average molecular weight is 282 g/mol. The maximum Gasteiger partial charge on any atom is -0.0181 e. The van der Waals surface area contributed by atoms with E-state index >= 15 is 0 Å². The van der Waals surface area contributed by atoms with Crippen LogP contribution in [0.2, 0.25) is 0 Å². The Morgan fingerprint density at radius 3 is 2.05 bits per heavy atom. The average Bonchev–Trinajstić information content (AvgIpc) is 2.50. The standard InChI is InChI=1S/C21H30/c1-3-4-5-6-7-8-9-10-11-19-13-15-20-16-18(2)12-14-21(20)17-19/h12-17H,3-11H2,1-2H3. The molecule has 0 aliphatic rings. The van der Waals surface area contributed by atoms with Gasteiger partial charge in [-0.3, -0.25) is 0 Å². The van der Waals surface area contributed by atoms with Crippen LogP contribution in [0.4, 0.5) is 0 Å². The predicted octanol–water partition coefficient (Wildman–Crippen LogP) is 6.83. The molecule has 2 rings (SSSR count). The van der Waals surface area contributed by atoms with E-state index < -0.39 is 0 Å². The summed E-state index contributed by atoms with van der Waals surface area (Å²) >= 11 is 0. The van der Waals surface area contributed by atoms with Gasteiger partial charge in [-0.05, 0) is 36.1 Å². The SMILES string of the molecule is CCCCCCCCCCc1ccc2cc(C)ccc2c1. The number of hydrogen-bond donors (Lipinski definition) is 0. The zero-order chi connectivity index (χ0) is 14.9. The predicted molar refractivity (Wildman–Crippen MR) is 95.0 cm³/mol. The van der Waals surface area contributed by atoms with Crippen LogP contribution in [0.1, 0.15) is 69.4 Å². The number of rotatable bonds is 9. The first-order valence-electron chi connectivity index (χ1n) is 8.79. The topological polar surface area (TPSA) is 0 Å². The molecule has 0 fully saturated rings. The monoisotopic (exact) mass is 282 g/mol. The van der Waals surface area contributed by atoms with Crippen molar-refractivity contribution >= 4 is 10.8 Å². The number of benzene rings is 2. The molecule has 0 saturated heterocycles. The minimum Gasteiger partial charge on any atom is -0.0654 e. The first-order chi connectivity index (χ1) is 10.3. The molecule has 0 spiro atoms. The van der Waals surface area contributed by atoms with Gasteiger partial charge in [-0.1, -0.05) is 93.8 Å². The molecular formula is C21H30. The van der Waals surface area contributed by atoms with Crippen LogP contribution in [0.5, 0.6) is 0 Å². The van der Waals surface area contributed by atoms with Gasteiger partial charge >= 0.3 is 0 Å². The second kappa shape index (κ2) is 8.87. The molecule has 2 aromatic carbocycles. The van der Waals surface area contributed by atoms with Crippen LogP contribution in [0.25, 0.3) is 10.8 Å². The molecule has 0 bridgehead atoms. The summed E-state index contributed by atoms with van der Waals surface area (Å²) in [7, 11) is 0. The maximum absolute atomic E-state index is 2.37. The van der Waals surface area contributed by atoms with E-state index in [1.165, 1.54) is 79.7 Å². The number of aryl methyl sites for hydroxylation is 2. The number of fused-ring (bicyclic) bond motifs is 1. The second-order valence-corrected chi connectivity index (χ2v) is 6.41. The molecule has 0 nitrogen and oxygen atoms in total. The molecule has 0 aliphatic heterocycles. The molecular weight excluding hydrogens is 252 g/mol. The fourth-order valence-electron chi connectivity index (χ4n) is 3.03. The minimum atomic E-state index is 1.23. The van der Waals surface area contributed by atoms with Gasteiger partial charge in [0.25, 0.3) is 0 Å². The van der Waals surface area contributed by atoms with Gasteiger partial charge < -0.3 is 0 Å². The van der Waals surface area contributed by atoms with Crippen LogP contribution in [0.3, 0.4) is 0 Å². The third-order valence-electron chi connectivity index (χ3n) is 4.38. The molecule has 0 radical (unpaired) electrons. The molecule has 0 unspecified atom stereocenters. The summed E-state index contributed by atoms with van der Waals surface area (Å²) in [5.41, 5.74) is 2.84. The third kappa shape index (κ3) is 5.53. The summed E-state index contributed by atoms with van der Waals surface area (Å²) in [6, 6.07) is 13.7. The van der Waals surface area contributed by atoms with E-state index in [4.69, 9.17) is 0 Å². The first-order valence-corrected chi connectivity index (χ1v) is 8.79. The highest BCUT2D eigenvalue weighted by molar-refractivity contribution is 5.83. The van der Waals surface area contributed by atoms with Gasteiger partial charge in [-0.2, -0.15) is 0 Å². The van der Waals surface area contributed by atoms with Crippen molar-refractivity contribution in [2.45, 2.75) is 71.6 Å². The van der Waals surface area contributed by atoms with Gasteiger partial charge in [0, 0.05) is 0 Å². The zero-order valence-electron chi connectivity index (χ0n) is 13.8. The van der Waals surface area contributed by atoms with Crippen molar-refractivity contribution in [3.05, 3.63) is 47.5 Å². The highest BCUT2D eigenvalue weighted by Crippen LogP contribution is 2.19. The maximum atomic E-state index is 2.37. The third-order valence-corrected chi connectivity index (χ3v) is 4.38. The Balaban J connectivity index is 1.70. The Labute approximate surface area is 130 Å². The summed E-state index contributed by atoms with van der Waals surface area (Å²) in [6.45, 7) is 4.44. The first kappa shape index (κ1) is 16.1. The molecule has 0 amide bonds. The Kier molecular flexibility index (Phi) is 6.79. The fraction of sp³-hybridized carbons (Fsp3) is 0.524. The highest BCUT2D eigenvalue weighted by Gasteiger charge is 1.98. The largest absolute Gasteiger partial charge is 0.0654 e. The van der Waals surface area contributed by atoms with Gasteiger partial charge in [-0.25, -0.2) is 0 Å². The quantitative estimate of drug-likeness (QED) is 0.442. The normalized spacial score (nSPS) is 11.1. The molecule has 2 aromatic rings. The van der Waals surface area contributed by atoms with Gasteiger partial charge in [0.05, 0.1) is 0 Å². The van der Waals surface area contributed by atoms with E-state index in [9.17, 15) is 0 Å². The van der Waals surface area contributed by atoms with Gasteiger partial charge in [0.2, 0.25) is 0 Å². The lowest BCUT2D eigenvalue weighted by atomic mass is 10.0. The van der Waals surface area contributed by atoms with Crippen LogP contribution >= 0.6 is 0 Å². The molecule has 0 saturated carbocycles. The van der Waals surface area contributed by atoms with Crippen molar-refractivity contribution in [1.82, 2.24) is 0 Å². The van der Waals surface area contributed by atoms with E-state index in [2.05, 4.69) is 50.2 Å². The van der Waals surface area contributed by atoms with Crippen molar-refractivity contribution in [3.63, 3.8) is 0 Å². The van der Waals surface area contributed by atoms with Crippen molar-refractivity contribution in [2.24, 2.45) is 0 Å². The Morgan fingerprint density at radius 1 is 0.667 bits per heavy atom. The Morgan fingerprint density at radius 2 is 1.29 bits per heavy atom. The van der Waals surface area contributed by atoms with Crippen LogP contribution < -0.4 is 0 Å². The smallest absolute Gasteiger partial charge is 0.0181 e. The van der Waals surface area contributed by atoms with Crippen LogP contribution in [-0.4, -0.2) is 0 Å². The fourth-order valence-corrected chi connectivity index (χ4v) is 3.03. The molecule has 21 heavy (non-hydrogen) atoms. The number of hydrogen-bond acceptors (Lipinski definition) is 0. The van der Waals surface area contributed by atoms with Gasteiger partial charge in [0.1, 0.15) is 0 Å². The van der Waals surface area contributed by atoms with Crippen LogP contribution in [0, 0.1) is 6.92 Å². The summed E-state index contributed by atoms with van der Waals surface area (Å²) in [6.07, 6.45) is 12.4. The van der Waals surface area contributed by atoms with Gasteiger partial charge in [0.15, 0.2) is 0 Å². The number of unbranched alkanes of at least 4 members (excludes halogenated alkanes) is 7. The molecule has 0 aliphatic carbocycles. The molecule has 0 N–H and O–H groups in total. The summed E-state index contributed by atoms with van der Waals surface area (Å²) < 4.78 is 0. The second-order valence-electron chi connectivity index (χ2n) is 6.41. The van der Waals surface area contributed by atoms with Gasteiger partial charge in [-0.15, -0.1) is 0 Å². The van der Waals surface area contributed by atoms with Crippen LogP contribution in [0.15, 0.2) is 36.4 Å². The summed E-state index contributed by atoms with van der Waals surface area (Å²) in [4.78, 5) is 0. The zero-order valence-corrected chi connectivity index (χ0v) is 13.8. The Bertz CT molecular complexity index is 539. The lowest BCUT2D eigenvalue weighted by Crippen LogP contribution is -1.87. The van der Waals surface area contributed by atoms with Crippen LogP contribution in [-0.2, 0) is 6.42 Å². The van der Waals surface area contributed by atoms with E-state index in [0.29, 0.717) is 0 Å². The van der Waals surface area contributed by atoms with E-state index in [1.54, 1.807) is 0 Å². The summed E-state index contributed by atoms with van der Waals surface area (Å²) in [5.74, 6) is 0. The van der Waals surface area contributed by atoms with Crippen molar-refractivity contribution in [1.29, 1.82) is 0 Å². The summed E-state index contributed by atoms with van der Waals surface area (Å²) in [5, 5.41) is 2.76. The van der Waals surface area contributed by atoms with E-state index in [-0.39, 0.29) is 0 Å². The van der Waals surface area contributed by atoms with E-state index in [0.717, 1.165) is 0 Å².